The van der Waals surface area contributed by atoms with E-state index in [9.17, 15) is 9.59 Å². The minimum absolute atomic E-state index is 0.348. The highest BCUT2D eigenvalue weighted by Crippen LogP contribution is 2.07. The number of amides is 3. The predicted molar refractivity (Wildman–Crippen MR) is 60.1 cm³/mol. The van der Waals surface area contributed by atoms with Crippen molar-refractivity contribution in [1.82, 2.24) is 10.6 Å². The van der Waals surface area contributed by atoms with Gasteiger partial charge in [-0.2, -0.15) is 0 Å². The summed E-state index contributed by atoms with van der Waals surface area (Å²) >= 11 is 1.31. The summed E-state index contributed by atoms with van der Waals surface area (Å²) in [6.45, 7) is 2.64. The zero-order valence-electron chi connectivity index (χ0n) is 8.58. The van der Waals surface area contributed by atoms with Gasteiger partial charge in [-0.05, 0) is 17.9 Å². The first kappa shape index (κ1) is 11.7. The fraction of sp³-hybridized carbons (Fsp3) is 0.400. The molecule has 0 fully saturated rings. The standard InChI is InChI=1S/C10H14N2O2S/c1-2-3-6-11-10(14)12-9(13)8-5-4-7-15-8/h4-5,7H,2-3,6H2,1H3,(H2,11,12,13,14). The number of imide groups is 1. The first-order chi connectivity index (χ1) is 7.24. The summed E-state index contributed by atoms with van der Waals surface area (Å²) in [6, 6.07) is 3.02. The monoisotopic (exact) mass is 226 g/mol. The van der Waals surface area contributed by atoms with Crippen molar-refractivity contribution in [3.8, 4) is 0 Å². The van der Waals surface area contributed by atoms with Crippen LogP contribution < -0.4 is 10.6 Å². The number of hydrogen-bond acceptors (Lipinski definition) is 3. The molecule has 0 aliphatic heterocycles. The molecule has 5 heteroatoms. The molecule has 0 atom stereocenters. The summed E-state index contributed by atoms with van der Waals surface area (Å²) in [7, 11) is 0. The van der Waals surface area contributed by atoms with E-state index in [2.05, 4.69) is 10.6 Å². The molecule has 0 radical (unpaired) electrons. The molecule has 3 amide bonds. The number of urea groups is 1. The Hall–Kier alpha value is -1.36. The summed E-state index contributed by atoms with van der Waals surface area (Å²) in [5.41, 5.74) is 0. The van der Waals surface area contributed by atoms with Crippen molar-refractivity contribution in [2.75, 3.05) is 6.54 Å². The molecule has 4 nitrogen and oxygen atoms in total. The Morgan fingerprint density at radius 1 is 1.47 bits per heavy atom. The van der Waals surface area contributed by atoms with E-state index in [0.717, 1.165) is 12.8 Å². The lowest BCUT2D eigenvalue weighted by Crippen LogP contribution is -2.39. The quantitative estimate of drug-likeness (QED) is 0.771. The molecule has 0 bridgehead atoms. The maximum absolute atomic E-state index is 11.4. The van der Waals surface area contributed by atoms with E-state index in [4.69, 9.17) is 0 Å². The molecule has 1 rings (SSSR count). The van der Waals surface area contributed by atoms with E-state index < -0.39 is 6.03 Å². The molecular weight excluding hydrogens is 212 g/mol. The van der Waals surface area contributed by atoms with Crippen molar-refractivity contribution in [1.29, 1.82) is 0 Å². The largest absolute Gasteiger partial charge is 0.338 e. The second-order valence-electron chi connectivity index (χ2n) is 3.04. The van der Waals surface area contributed by atoms with Gasteiger partial charge >= 0.3 is 6.03 Å². The summed E-state index contributed by atoms with van der Waals surface area (Å²) in [4.78, 5) is 23.1. The van der Waals surface area contributed by atoms with Crippen molar-refractivity contribution < 1.29 is 9.59 Å². The average molecular weight is 226 g/mol. The first-order valence-corrected chi connectivity index (χ1v) is 5.74. The van der Waals surface area contributed by atoms with Crippen LogP contribution in [0.15, 0.2) is 17.5 Å². The number of nitrogens with one attached hydrogen (secondary N) is 2. The van der Waals surface area contributed by atoms with Gasteiger partial charge in [0.2, 0.25) is 0 Å². The highest BCUT2D eigenvalue weighted by molar-refractivity contribution is 7.12. The Morgan fingerprint density at radius 3 is 2.87 bits per heavy atom. The fourth-order valence-electron chi connectivity index (χ4n) is 0.995. The predicted octanol–water partition coefficient (Wildman–Crippen LogP) is 1.99. The number of carbonyl (C=O) groups is 2. The average Bonchev–Trinajstić information content (AvgIpc) is 2.70. The van der Waals surface area contributed by atoms with Gasteiger partial charge in [0.15, 0.2) is 0 Å². The lowest BCUT2D eigenvalue weighted by molar-refractivity contribution is 0.0968. The smallest absolute Gasteiger partial charge is 0.321 e. The van der Waals surface area contributed by atoms with Gasteiger partial charge in [-0.15, -0.1) is 11.3 Å². The number of thiophene rings is 1. The Balaban J connectivity index is 2.29. The van der Waals surface area contributed by atoms with Crippen LogP contribution in [0.2, 0.25) is 0 Å². The SMILES string of the molecule is CCCCNC(=O)NC(=O)c1cccs1. The summed E-state index contributed by atoms with van der Waals surface area (Å²) in [6.07, 6.45) is 1.93. The van der Waals surface area contributed by atoms with Crippen molar-refractivity contribution >= 4 is 23.3 Å². The molecule has 0 aliphatic carbocycles. The second-order valence-corrected chi connectivity index (χ2v) is 3.99. The van der Waals surface area contributed by atoms with Gasteiger partial charge in [0.05, 0.1) is 4.88 Å². The van der Waals surface area contributed by atoms with Crippen LogP contribution in [-0.2, 0) is 0 Å². The molecule has 0 spiro atoms. The van der Waals surface area contributed by atoms with Gasteiger partial charge in [-0.1, -0.05) is 19.4 Å². The van der Waals surface area contributed by atoms with E-state index in [1.54, 1.807) is 17.5 Å². The van der Waals surface area contributed by atoms with Gasteiger partial charge in [0.25, 0.3) is 5.91 Å². The summed E-state index contributed by atoms with van der Waals surface area (Å²) < 4.78 is 0. The minimum Gasteiger partial charge on any atom is -0.338 e. The van der Waals surface area contributed by atoms with Crippen molar-refractivity contribution in [3.63, 3.8) is 0 Å². The van der Waals surface area contributed by atoms with Crippen molar-refractivity contribution in [3.05, 3.63) is 22.4 Å². The second kappa shape index (κ2) is 6.19. The van der Waals surface area contributed by atoms with Crippen LogP contribution in [0.25, 0.3) is 0 Å². The topological polar surface area (TPSA) is 58.2 Å². The van der Waals surface area contributed by atoms with E-state index >= 15 is 0 Å². The van der Waals surface area contributed by atoms with Crippen molar-refractivity contribution in [2.24, 2.45) is 0 Å². The Morgan fingerprint density at radius 2 is 2.27 bits per heavy atom. The highest BCUT2D eigenvalue weighted by Gasteiger charge is 2.09. The molecule has 1 aromatic rings. The molecular formula is C10H14N2O2S. The number of hydrogen-bond donors (Lipinski definition) is 2. The van der Waals surface area contributed by atoms with Gasteiger partial charge in [-0.25, -0.2) is 4.79 Å². The van der Waals surface area contributed by atoms with Crippen LogP contribution in [-0.4, -0.2) is 18.5 Å². The zero-order chi connectivity index (χ0) is 11.1. The van der Waals surface area contributed by atoms with Crippen LogP contribution in [0.5, 0.6) is 0 Å². The van der Waals surface area contributed by atoms with E-state index in [-0.39, 0.29) is 5.91 Å². The van der Waals surface area contributed by atoms with Gasteiger partial charge in [-0.3, -0.25) is 10.1 Å². The highest BCUT2D eigenvalue weighted by atomic mass is 32.1. The molecule has 0 saturated heterocycles. The molecule has 0 saturated carbocycles. The third-order valence-electron chi connectivity index (χ3n) is 1.79. The lowest BCUT2D eigenvalue weighted by Gasteiger charge is -2.04. The Bertz CT molecular complexity index is 322. The molecule has 0 aromatic carbocycles. The molecule has 15 heavy (non-hydrogen) atoms. The number of unbranched alkanes of at least 4 members (excludes halogenated alkanes) is 1. The van der Waals surface area contributed by atoms with E-state index in [0.29, 0.717) is 11.4 Å². The fourth-order valence-corrected chi connectivity index (χ4v) is 1.61. The van der Waals surface area contributed by atoms with Crippen molar-refractivity contribution in [2.45, 2.75) is 19.8 Å². The zero-order valence-corrected chi connectivity index (χ0v) is 9.39. The van der Waals surface area contributed by atoms with Crippen LogP contribution in [0.1, 0.15) is 29.4 Å². The minimum atomic E-state index is -0.429. The molecule has 0 unspecified atom stereocenters. The van der Waals surface area contributed by atoms with Crippen LogP contribution in [0, 0.1) is 0 Å². The first-order valence-electron chi connectivity index (χ1n) is 4.86. The van der Waals surface area contributed by atoms with Gasteiger partial charge in [0, 0.05) is 6.54 Å². The maximum atomic E-state index is 11.4. The molecule has 2 N–H and O–H groups in total. The number of carbonyl (C=O) groups excluding carboxylic acids is 2. The molecule has 0 aliphatic rings. The van der Waals surface area contributed by atoms with Gasteiger partial charge < -0.3 is 5.32 Å². The normalized spacial score (nSPS) is 9.67. The number of rotatable bonds is 4. The van der Waals surface area contributed by atoms with Crippen LogP contribution >= 0.6 is 11.3 Å². The summed E-state index contributed by atoms with van der Waals surface area (Å²) in [5, 5.41) is 6.67. The molecule has 1 heterocycles. The Kier molecular flexibility index (Phi) is 4.83. The Labute approximate surface area is 92.7 Å². The lowest BCUT2D eigenvalue weighted by atomic mass is 10.3. The maximum Gasteiger partial charge on any atom is 0.321 e. The summed E-state index contributed by atoms with van der Waals surface area (Å²) in [5.74, 6) is -0.348. The van der Waals surface area contributed by atoms with Crippen LogP contribution in [0.4, 0.5) is 4.79 Å². The van der Waals surface area contributed by atoms with Crippen LogP contribution in [0.3, 0.4) is 0 Å². The third-order valence-corrected chi connectivity index (χ3v) is 2.66. The van der Waals surface area contributed by atoms with E-state index in [1.807, 2.05) is 6.92 Å². The molecule has 1 aromatic heterocycles. The third kappa shape index (κ3) is 4.12. The van der Waals surface area contributed by atoms with E-state index in [1.165, 1.54) is 11.3 Å². The van der Waals surface area contributed by atoms with Gasteiger partial charge in [0.1, 0.15) is 0 Å². The molecule has 82 valence electrons.